The normalized spacial score (nSPS) is 24.2. The summed E-state index contributed by atoms with van der Waals surface area (Å²) in [5, 5.41) is 5.91. The predicted octanol–water partition coefficient (Wildman–Crippen LogP) is 3.72. The van der Waals surface area contributed by atoms with Crippen LogP contribution in [0.5, 0.6) is 11.5 Å². The van der Waals surface area contributed by atoms with Crippen LogP contribution in [0.3, 0.4) is 0 Å². The fourth-order valence-corrected chi connectivity index (χ4v) is 4.47. The lowest BCUT2D eigenvalue weighted by atomic mass is 9.81. The molecule has 0 spiro atoms. The number of ether oxygens (including phenoxy) is 2. The van der Waals surface area contributed by atoms with E-state index in [1.54, 1.807) is 38.5 Å². The van der Waals surface area contributed by atoms with Crippen LogP contribution in [0.1, 0.15) is 6.42 Å². The van der Waals surface area contributed by atoms with Crippen molar-refractivity contribution in [3.63, 3.8) is 0 Å². The van der Waals surface area contributed by atoms with Crippen molar-refractivity contribution in [2.75, 3.05) is 24.9 Å². The molecule has 2 amide bonds. The molecule has 2 aliphatic carbocycles. The fraction of sp³-hybridized carbons (Fsp3) is 0.304. The molecule has 0 radical (unpaired) electrons. The summed E-state index contributed by atoms with van der Waals surface area (Å²) in [6.07, 6.45) is 4.93. The molecular weight excluding hydrogens is 368 g/mol. The topological polar surface area (TPSA) is 76.7 Å². The molecule has 6 heteroatoms. The van der Waals surface area contributed by atoms with Crippen LogP contribution in [0.2, 0.25) is 0 Å². The highest BCUT2D eigenvalue weighted by Crippen LogP contribution is 2.49. The van der Waals surface area contributed by atoms with Crippen LogP contribution in [-0.4, -0.2) is 26.0 Å². The minimum atomic E-state index is -0.426. The average Bonchev–Trinajstić information content (AvgIpc) is 3.36. The number of fused-ring (bicyclic) bond motifs is 2. The van der Waals surface area contributed by atoms with Crippen molar-refractivity contribution in [1.82, 2.24) is 0 Å². The second-order valence-corrected chi connectivity index (χ2v) is 7.38. The lowest BCUT2D eigenvalue weighted by Crippen LogP contribution is -2.39. The van der Waals surface area contributed by atoms with Crippen LogP contribution in [0, 0.1) is 23.7 Å². The molecule has 2 aromatic carbocycles. The molecule has 2 bridgehead atoms. The lowest BCUT2D eigenvalue weighted by Gasteiger charge is -2.27. The Morgan fingerprint density at radius 1 is 0.759 bits per heavy atom. The third kappa shape index (κ3) is 3.58. The SMILES string of the molecule is COc1ccccc1NC(=O)[C@@H]1[C@H](C(=O)Nc2ccccc2OC)[C@@H]2C=C[C@H]1C2. The van der Waals surface area contributed by atoms with Gasteiger partial charge < -0.3 is 20.1 Å². The van der Waals surface area contributed by atoms with Gasteiger partial charge >= 0.3 is 0 Å². The van der Waals surface area contributed by atoms with Gasteiger partial charge in [-0.3, -0.25) is 9.59 Å². The van der Waals surface area contributed by atoms with Gasteiger partial charge in [0.2, 0.25) is 11.8 Å². The highest BCUT2D eigenvalue weighted by Gasteiger charge is 2.51. The number of amides is 2. The zero-order chi connectivity index (χ0) is 20.4. The molecule has 6 nitrogen and oxygen atoms in total. The highest BCUT2D eigenvalue weighted by atomic mass is 16.5. The molecule has 1 saturated carbocycles. The monoisotopic (exact) mass is 392 g/mol. The Morgan fingerprint density at radius 2 is 1.17 bits per heavy atom. The lowest BCUT2D eigenvalue weighted by molar-refractivity contribution is -0.129. The Labute approximate surface area is 169 Å². The highest BCUT2D eigenvalue weighted by molar-refractivity contribution is 6.02. The average molecular weight is 392 g/mol. The van der Waals surface area contributed by atoms with Crippen molar-refractivity contribution in [3.05, 3.63) is 60.7 Å². The van der Waals surface area contributed by atoms with Crippen molar-refractivity contribution in [3.8, 4) is 11.5 Å². The molecule has 0 saturated heterocycles. The second kappa shape index (κ2) is 7.99. The Bertz CT molecular complexity index is 880. The number of rotatable bonds is 6. The van der Waals surface area contributed by atoms with Gasteiger partial charge in [0.15, 0.2) is 0 Å². The number of benzene rings is 2. The summed E-state index contributed by atoms with van der Waals surface area (Å²) in [7, 11) is 3.13. The summed E-state index contributed by atoms with van der Waals surface area (Å²) in [6, 6.07) is 14.5. The van der Waals surface area contributed by atoms with Crippen molar-refractivity contribution in [2.45, 2.75) is 6.42 Å². The van der Waals surface area contributed by atoms with Gasteiger partial charge in [0.25, 0.3) is 0 Å². The summed E-state index contributed by atoms with van der Waals surface area (Å²) < 4.78 is 10.7. The molecule has 2 aromatic rings. The maximum atomic E-state index is 13.2. The molecule has 150 valence electrons. The fourth-order valence-electron chi connectivity index (χ4n) is 4.47. The van der Waals surface area contributed by atoms with Gasteiger partial charge in [-0.05, 0) is 42.5 Å². The van der Waals surface area contributed by atoms with E-state index in [4.69, 9.17) is 9.47 Å². The van der Waals surface area contributed by atoms with Crippen molar-refractivity contribution in [1.29, 1.82) is 0 Å². The number of allylic oxidation sites excluding steroid dienone is 2. The first-order valence-corrected chi connectivity index (χ1v) is 9.68. The van der Waals surface area contributed by atoms with E-state index in [9.17, 15) is 9.59 Å². The third-order valence-corrected chi connectivity index (χ3v) is 5.79. The number of hydrogen-bond donors (Lipinski definition) is 2. The van der Waals surface area contributed by atoms with Gasteiger partial charge in [0.05, 0.1) is 37.4 Å². The maximum absolute atomic E-state index is 13.2. The van der Waals surface area contributed by atoms with Gasteiger partial charge in [-0.15, -0.1) is 0 Å². The zero-order valence-corrected chi connectivity index (χ0v) is 16.4. The molecular formula is C23H24N2O4. The van der Waals surface area contributed by atoms with E-state index in [2.05, 4.69) is 22.8 Å². The van der Waals surface area contributed by atoms with Gasteiger partial charge in [-0.25, -0.2) is 0 Å². The summed E-state index contributed by atoms with van der Waals surface area (Å²) >= 11 is 0. The molecule has 0 unspecified atom stereocenters. The van der Waals surface area contributed by atoms with Crippen LogP contribution in [0.15, 0.2) is 60.7 Å². The molecule has 1 fully saturated rings. The van der Waals surface area contributed by atoms with Crippen molar-refractivity contribution >= 4 is 23.2 Å². The Kier molecular flexibility index (Phi) is 5.25. The maximum Gasteiger partial charge on any atom is 0.229 e. The molecule has 4 rings (SSSR count). The largest absolute Gasteiger partial charge is 0.495 e. The van der Waals surface area contributed by atoms with Gasteiger partial charge in [0, 0.05) is 0 Å². The van der Waals surface area contributed by atoms with Crippen LogP contribution >= 0.6 is 0 Å². The minimum absolute atomic E-state index is 0.0585. The summed E-state index contributed by atoms with van der Waals surface area (Å²) in [4.78, 5) is 26.3. The van der Waals surface area contributed by atoms with E-state index in [1.807, 2.05) is 24.3 Å². The van der Waals surface area contributed by atoms with Crippen molar-refractivity contribution in [2.24, 2.45) is 23.7 Å². The van der Waals surface area contributed by atoms with Crippen molar-refractivity contribution < 1.29 is 19.1 Å². The molecule has 2 N–H and O–H groups in total. The van der Waals surface area contributed by atoms with Crippen LogP contribution in [-0.2, 0) is 9.59 Å². The summed E-state index contributed by atoms with van der Waals surface area (Å²) in [5.74, 6) is 0.127. The standard InChI is InChI=1S/C23H24N2O4/c1-28-18-9-5-3-7-16(18)24-22(26)20-14-11-12-15(13-14)21(20)23(27)25-17-8-4-6-10-19(17)29-2/h3-12,14-15,20-21H,13H2,1-2H3,(H,24,26)(H,25,27)/t14-,15+,20-,21+. The second-order valence-electron chi connectivity index (χ2n) is 7.38. The predicted molar refractivity (Wildman–Crippen MR) is 111 cm³/mol. The van der Waals surface area contributed by atoms with Crippen LogP contribution in [0.4, 0.5) is 11.4 Å². The smallest absolute Gasteiger partial charge is 0.229 e. The number of methoxy groups -OCH3 is 2. The van der Waals surface area contributed by atoms with Crippen LogP contribution < -0.4 is 20.1 Å². The molecule has 2 aliphatic rings. The Morgan fingerprint density at radius 3 is 1.59 bits per heavy atom. The Hall–Kier alpha value is -3.28. The first-order valence-electron chi connectivity index (χ1n) is 9.68. The van der Waals surface area contributed by atoms with E-state index in [1.165, 1.54) is 0 Å². The first-order chi connectivity index (χ1) is 14.1. The van der Waals surface area contributed by atoms with Gasteiger partial charge in [0.1, 0.15) is 11.5 Å². The quantitative estimate of drug-likeness (QED) is 0.735. The number of hydrogen-bond acceptors (Lipinski definition) is 4. The van der Waals surface area contributed by atoms with E-state index in [0.29, 0.717) is 22.9 Å². The first kappa shape index (κ1) is 19.1. The molecule has 4 atom stereocenters. The van der Waals surface area contributed by atoms with E-state index < -0.39 is 11.8 Å². The van der Waals surface area contributed by atoms with Gasteiger partial charge in [-0.1, -0.05) is 36.4 Å². The third-order valence-electron chi connectivity index (χ3n) is 5.79. The number of carbonyl (C=O) groups is 2. The molecule has 29 heavy (non-hydrogen) atoms. The zero-order valence-electron chi connectivity index (χ0n) is 16.4. The number of carbonyl (C=O) groups excluding carboxylic acids is 2. The summed E-state index contributed by atoms with van der Waals surface area (Å²) in [6.45, 7) is 0. The van der Waals surface area contributed by atoms with E-state index in [0.717, 1.165) is 6.42 Å². The Balaban J connectivity index is 1.55. The molecule has 0 aromatic heterocycles. The summed E-state index contributed by atoms with van der Waals surface area (Å²) in [5.41, 5.74) is 1.21. The molecule has 0 aliphatic heterocycles. The van der Waals surface area contributed by atoms with E-state index in [-0.39, 0.29) is 23.7 Å². The number of nitrogens with one attached hydrogen (secondary N) is 2. The molecule has 0 heterocycles. The van der Waals surface area contributed by atoms with Crippen LogP contribution in [0.25, 0.3) is 0 Å². The number of para-hydroxylation sites is 4. The van der Waals surface area contributed by atoms with Gasteiger partial charge in [-0.2, -0.15) is 0 Å². The van der Waals surface area contributed by atoms with E-state index >= 15 is 0 Å². The number of anilines is 2. The minimum Gasteiger partial charge on any atom is -0.495 e.